The Bertz CT molecular complexity index is 1230. The van der Waals surface area contributed by atoms with Crippen LogP contribution in [0.3, 0.4) is 0 Å². The number of aromatic nitrogens is 2. The zero-order valence-electron chi connectivity index (χ0n) is 13.8. The van der Waals surface area contributed by atoms with Crippen molar-refractivity contribution in [3.05, 3.63) is 70.5 Å². The number of pyridine rings is 2. The maximum atomic E-state index is 11.0. The first-order valence-electron chi connectivity index (χ1n) is 7.86. The number of nitrogens with zero attached hydrogens (tertiary/aromatic N) is 4. The van der Waals surface area contributed by atoms with Gasteiger partial charge in [-0.25, -0.2) is 4.98 Å². The Labute approximate surface area is 157 Å². The number of anilines is 1. The predicted octanol–water partition coefficient (Wildman–Crippen LogP) is 4.39. The molecule has 130 valence electrons. The quantitative estimate of drug-likeness (QED) is 0.420. The zero-order chi connectivity index (χ0) is 19.0. The number of nitro benzene ring substituents is 1. The second kappa shape index (κ2) is 6.48. The second-order valence-electron chi connectivity index (χ2n) is 5.75. The lowest BCUT2D eigenvalue weighted by Crippen LogP contribution is -1.99. The summed E-state index contributed by atoms with van der Waals surface area (Å²) in [4.78, 5) is 19.7. The first kappa shape index (κ1) is 16.6. The van der Waals surface area contributed by atoms with Crippen LogP contribution < -0.4 is 5.73 Å². The maximum absolute atomic E-state index is 11.0. The maximum Gasteiger partial charge on any atom is 0.270 e. The van der Waals surface area contributed by atoms with Crippen molar-refractivity contribution in [2.45, 2.75) is 0 Å². The average Bonchev–Trinajstić information content (AvgIpc) is 3.11. The molecule has 0 amide bonds. The zero-order valence-corrected chi connectivity index (χ0v) is 14.6. The third-order valence-corrected chi connectivity index (χ3v) is 5.26. The van der Waals surface area contributed by atoms with Crippen LogP contribution in [0.25, 0.3) is 31.8 Å². The molecule has 0 atom stereocenters. The standard InChI is InChI=1S/C19H11N5O2S/c20-10-15-14(9-16(23-19(15)21)11-3-5-22-6-4-11)18-8-12-7-13(24(25)26)1-2-17(12)27-18/h1-9H,(H2,21,23). The van der Waals surface area contributed by atoms with Crippen LogP contribution in [-0.2, 0) is 0 Å². The molecule has 27 heavy (non-hydrogen) atoms. The highest BCUT2D eigenvalue weighted by molar-refractivity contribution is 7.22. The highest BCUT2D eigenvalue weighted by Gasteiger charge is 2.16. The van der Waals surface area contributed by atoms with Crippen molar-refractivity contribution < 1.29 is 4.92 Å². The smallest absolute Gasteiger partial charge is 0.270 e. The fourth-order valence-corrected chi connectivity index (χ4v) is 3.89. The number of nitrogen functional groups attached to an aromatic ring is 1. The predicted molar refractivity (Wildman–Crippen MR) is 104 cm³/mol. The first-order chi connectivity index (χ1) is 13.1. The largest absolute Gasteiger partial charge is 0.383 e. The Hall–Kier alpha value is -3.83. The van der Waals surface area contributed by atoms with Crippen LogP contribution in [0.15, 0.2) is 54.9 Å². The van der Waals surface area contributed by atoms with Gasteiger partial charge in [0, 0.05) is 45.2 Å². The van der Waals surface area contributed by atoms with E-state index in [9.17, 15) is 15.4 Å². The summed E-state index contributed by atoms with van der Waals surface area (Å²) in [5.74, 6) is 0.144. The monoisotopic (exact) mass is 373 g/mol. The van der Waals surface area contributed by atoms with Gasteiger partial charge in [0.15, 0.2) is 0 Å². The van der Waals surface area contributed by atoms with Gasteiger partial charge in [-0.1, -0.05) is 0 Å². The number of rotatable bonds is 3. The van der Waals surface area contributed by atoms with Crippen LogP contribution in [0.4, 0.5) is 11.5 Å². The van der Waals surface area contributed by atoms with Crippen molar-refractivity contribution in [1.82, 2.24) is 9.97 Å². The number of nitrogens with two attached hydrogens (primary N) is 1. The fourth-order valence-electron chi connectivity index (χ4n) is 2.82. The van der Waals surface area contributed by atoms with Crippen LogP contribution in [0.5, 0.6) is 0 Å². The van der Waals surface area contributed by atoms with Crippen molar-refractivity contribution in [2.24, 2.45) is 0 Å². The molecule has 4 rings (SSSR count). The molecule has 2 N–H and O–H groups in total. The normalized spacial score (nSPS) is 10.6. The number of nitriles is 1. The highest BCUT2D eigenvalue weighted by atomic mass is 32.1. The summed E-state index contributed by atoms with van der Waals surface area (Å²) in [7, 11) is 0. The molecular formula is C19H11N5O2S. The average molecular weight is 373 g/mol. The Kier molecular flexibility index (Phi) is 3.99. The van der Waals surface area contributed by atoms with Gasteiger partial charge in [-0.05, 0) is 35.7 Å². The fraction of sp³-hybridized carbons (Fsp3) is 0. The minimum atomic E-state index is -0.427. The van der Waals surface area contributed by atoms with Gasteiger partial charge in [-0.2, -0.15) is 5.26 Å². The summed E-state index contributed by atoms with van der Waals surface area (Å²) in [5.41, 5.74) is 8.46. The topological polar surface area (TPSA) is 119 Å². The molecule has 0 aliphatic carbocycles. The molecule has 0 fully saturated rings. The van der Waals surface area contributed by atoms with E-state index in [2.05, 4.69) is 16.0 Å². The molecule has 0 unspecified atom stereocenters. The molecule has 7 nitrogen and oxygen atoms in total. The van der Waals surface area contributed by atoms with E-state index in [1.54, 1.807) is 18.5 Å². The van der Waals surface area contributed by atoms with E-state index in [1.165, 1.54) is 23.5 Å². The van der Waals surface area contributed by atoms with Crippen LogP contribution in [-0.4, -0.2) is 14.9 Å². The minimum Gasteiger partial charge on any atom is -0.383 e. The lowest BCUT2D eigenvalue weighted by Gasteiger charge is -2.08. The lowest BCUT2D eigenvalue weighted by atomic mass is 10.0. The van der Waals surface area contributed by atoms with Gasteiger partial charge in [0.1, 0.15) is 17.5 Å². The summed E-state index contributed by atoms with van der Waals surface area (Å²) < 4.78 is 0.889. The number of hydrogen-bond donors (Lipinski definition) is 1. The van der Waals surface area contributed by atoms with E-state index >= 15 is 0 Å². The van der Waals surface area contributed by atoms with E-state index < -0.39 is 4.92 Å². The van der Waals surface area contributed by atoms with Crippen molar-refractivity contribution >= 4 is 32.9 Å². The molecule has 0 bridgehead atoms. The van der Waals surface area contributed by atoms with E-state index in [0.29, 0.717) is 11.3 Å². The molecule has 0 saturated carbocycles. The van der Waals surface area contributed by atoms with Crippen molar-refractivity contribution in [1.29, 1.82) is 5.26 Å². The Balaban J connectivity index is 1.92. The molecule has 0 aliphatic heterocycles. The molecule has 3 heterocycles. The molecule has 0 aliphatic rings. The minimum absolute atomic E-state index is 0.0269. The summed E-state index contributed by atoms with van der Waals surface area (Å²) >= 11 is 1.44. The SMILES string of the molecule is N#Cc1c(-c2cc3cc([N+](=O)[O-])ccc3s2)cc(-c2ccncc2)nc1N. The number of non-ortho nitro benzene ring substituents is 1. The molecule has 0 saturated heterocycles. The summed E-state index contributed by atoms with van der Waals surface area (Å²) in [6.45, 7) is 0. The number of thiophene rings is 1. The third-order valence-electron chi connectivity index (χ3n) is 4.11. The number of nitro groups is 1. The van der Waals surface area contributed by atoms with E-state index in [-0.39, 0.29) is 17.1 Å². The van der Waals surface area contributed by atoms with Crippen molar-refractivity contribution in [3.8, 4) is 27.8 Å². The molecular weight excluding hydrogens is 362 g/mol. The van der Waals surface area contributed by atoms with Gasteiger partial charge >= 0.3 is 0 Å². The molecule has 0 spiro atoms. The summed E-state index contributed by atoms with van der Waals surface area (Å²) in [6.07, 6.45) is 3.31. The first-order valence-corrected chi connectivity index (χ1v) is 8.68. The molecule has 3 aromatic heterocycles. The van der Waals surface area contributed by atoms with Gasteiger partial charge < -0.3 is 5.73 Å². The lowest BCUT2D eigenvalue weighted by molar-refractivity contribution is -0.384. The number of fused-ring (bicyclic) bond motifs is 1. The van der Waals surface area contributed by atoms with Crippen LogP contribution in [0, 0.1) is 21.4 Å². The Morgan fingerprint density at radius 1 is 1.15 bits per heavy atom. The Morgan fingerprint density at radius 3 is 2.63 bits per heavy atom. The van der Waals surface area contributed by atoms with Gasteiger partial charge in [-0.3, -0.25) is 15.1 Å². The van der Waals surface area contributed by atoms with Crippen LogP contribution >= 0.6 is 11.3 Å². The molecule has 1 aromatic carbocycles. The van der Waals surface area contributed by atoms with E-state index in [0.717, 1.165) is 20.5 Å². The summed E-state index contributed by atoms with van der Waals surface area (Å²) in [5, 5.41) is 21.3. The van der Waals surface area contributed by atoms with Crippen LogP contribution in [0.2, 0.25) is 0 Å². The third kappa shape index (κ3) is 2.96. The highest BCUT2D eigenvalue weighted by Crippen LogP contribution is 2.39. The van der Waals surface area contributed by atoms with Crippen molar-refractivity contribution in [3.63, 3.8) is 0 Å². The Morgan fingerprint density at radius 2 is 1.93 bits per heavy atom. The van der Waals surface area contributed by atoms with Gasteiger partial charge in [0.25, 0.3) is 5.69 Å². The molecule has 4 aromatic rings. The van der Waals surface area contributed by atoms with Gasteiger partial charge in [-0.15, -0.1) is 11.3 Å². The second-order valence-corrected chi connectivity index (χ2v) is 6.84. The molecule has 8 heteroatoms. The molecule has 0 radical (unpaired) electrons. The summed E-state index contributed by atoms with van der Waals surface area (Å²) in [6, 6.07) is 14.1. The van der Waals surface area contributed by atoms with Gasteiger partial charge in [0.05, 0.1) is 10.6 Å². The van der Waals surface area contributed by atoms with Crippen molar-refractivity contribution in [2.75, 3.05) is 5.73 Å². The van der Waals surface area contributed by atoms with E-state index in [4.69, 9.17) is 5.73 Å². The van der Waals surface area contributed by atoms with Crippen LogP contribution in [0.1, 0.15) is 5.56 Å². The number of benzene rings is 1. The van der Waals surface area contributed by atoms with Gasteiger partial charge in [0.2, 0.25) is 0 Å². The van der Waals surface area contributed by atoms with E-state index in [1.807, 2.05) is 24.3 Å². The number of hydrogen-bond acceptors (Lipinski definition) is 7.